The minimum atomic E-state index is -3.85. The van der Waals surface area contributed by atoms with Crippen molar-refractivity contribution < 1.29 is 18.1 Å². The summed E-state index contributed by atoms with van der Waals surface area (Å²) < 4.78 is 24.4. The number of nitrogens with zero attached hydrogens (tertiary/aromatic N) is 2. The number of rotatable bonds is 5. The van der Waals surface area contributed by atoms with Crippen molar-refractivity contribution in [3.63, 3.8) is 0 Å². The Labute approximate surface area is 131 Å². The van der Waals surface area contributed by atoms with E-state index in [0.29, 0.717) is 5.56 Å². The van der Waals surface area contributed by atoms with Gasteiger partial charge in [-0.05, 0) is 36.4 Å². The molecule has 8 heteroatoms. The fraction of sp³-hybridized carbons (Fsp3) is 0.0667. The van der Waals surface area contributed by atoms with Gasteiger partial charge >= 0.3 is 0 Å². The van der Waals surface area contributed by atoms with Crippen molar-refractivity contribution in [2.75, 3.05) is 5.75 Å². The second-order valence-corrected chi connectivity index (χ2v) is 6.61. The predicted octanol–water partition coefficient (Wildman–Crippen LogP) is 2.12. The fourth-order valence-corrected chi connectivity index (χ4v) is 3.07. The van der Waals surface area contributed by atoms with Crippen molar-refractivity contribution in [3.8, 4) is 6.07 Å². The largest absolute Gasteiger partial charge is 0.293 e. The summed E-state index contributed by atoms with van der Waals surface area (Å²) in [5.41, 5.74) is 0.204. The standard InChI is InChI=1S/C15H10N2O5S/c16-9-11-1-7-14(8-2-11)23(21,22)10-15(18)12-3-5-13(6-4-12)17(19)20/h1-8H,10H2. The summed E-state index contributed by atoms with van der Waals surface area (Å²) in [7, 11) is -3.85. The molecule has 0 amide bonds. The molecular weight excluding hydrogens is 320 g/mol. The molecule has 0 spiro atoms. The van der Waals surface area contributed by atoms with Gasteiger partial charge in [-0.3, -0.25) is 14.9 Å². The van der Waals surface area contributed by atoms with Gasteiger partial charge < -0.3 is 0 Å². The third kappa shape index (κ3) is 3.78. The summed E-state index contributed by atoms with van der Waals surface area (Å²) in [6.07, 6.45) is 0. The molecule has 0 aliphatic carbocycles. The number of hydrogen-bond donors (Lipinski definition) is 0. The number of ketones is 1. The Morgan fingerprint density at radius 3 is 2.13 bits per heavy atom. The topological polar surface area (TPSA) is 118 Å². The lowest BCUT2D eigenvalue weighted by Crippen LogP contribution is -2.16. The number of carbonyl (C=O) groups excluding carboxylic acids is 1. The zero-order valence-corrected chi connectivity index (χ0v) is 12.5. The maximum Gasteiger partial charge on any atom is 0.269 e. The number of nitriles is 1. The zero-order chi connectivity index (χ0) is 17.0. The maximum absolute atomic E-state index is 12.2. The monoisotopic (exact) mass is 330 g/mol. The summed E-state index contributed by atoms with van der Waals surface area (Å²) in [4.78, 5) is 21.9. The van der Waals surface area contributed by atoms with Crippen LogP contribution in [0.3, 0.4) is 0 Å². The highest BCUT2D eigenvalue weighted by Crippen LogP contribution is 2.16. The van der Waals surface area contributed by atoms with E-state index in [1.54, 1.807) is 0 Å². The SMILES string of the molecule is N#Cc1ccc(S(=O)(=O)CC(=O)c2ccc([N+](=O)[O-])cc2)cc1. The van der Waals surface area contributed by atoms with E-state index in [0.717, 1.165) is 12.1 Å². The van der Waals surface area contributed by atoms with Crippen LogP contribution in [-0.2, 0) is 9.84 Å². The first-order chi connectivity index (χ1) is 10.8. The first-order valence-corrected chi connectivity index (χ1v) is 7.99. The molecule has 116 valence electrons. The molecule has 0 saturated carbocycles. The molecule has 0 N–H and O–H groups in total. The highest BCUT2D eigenvalue weighted by molar-refractivity contribution is 7.92. The van der Waals surface area contributed by atoms with Gasteiger partial charge in [-0.1, -0.05) is 0 Å². The molecule has 0 atom stereocenters. The van der Waals surface area contributed by atoms with Crippen LogP contribution in [-0.4, -0.2) is 24.9 Å². The maximum atomic E-state index is 12.2. The summed E-state index contributed by atoms with van der Waals surface area (Å²) in [6.45, 7) is 0. The van der Waals surface area contributed by atoms with E-state index in [-0.39, 0.29) is 16.1 Å². The first kappa shape index (κ1) is 16.3. The van der Waals surface area contributed by atoms with Gasteiger partial charge in [0, 0.05) is 17.7 Å². The fourth-order valence-electron chi connectivity index (χ4n) is 1.85. The van der Waals surface area contributed by atoms with Gasteiger partial charge in [-0.15, -0.1) is 0 Å². The third-order valence-electron chi connectivity index (χ3n) is 3.06. The lowest BCUT2D eigenvalue weighted by atomic mass is 10.1. The Morgan fingerprint density at radius 2 is 1.65 bits per heavy atom. The van der Waals surface area contributed by atoms with Gasteiger partial charge in [0.1, 0.15) is 5.75 Å². The molecule has 0 radical (unpaired) electrons. The normalized spacial score (nSPS) is 10.7. The van der Waals surface area contributed by atoms with Gasteiger partial charge in [0.25, 0.3) is 5.69 Å². The van der Waals surface area contributed by atoms with E-state index < -0.39 is 26.3 Å². The molecular formula is C15H10N2O5S. The van der Waals surface area contributed by atoms with Crippen LogP contribution in [0.1, 0.15) is 15.9 Å². The van der Waals surface area contributed by atoms with Crippen LogP contribution < -0.4 is 0 Å². The van der Waals surface area contributed by atoms with Crippen molar-refractivity contribution in [2.24, 2.45) is 0 Å². The average molecular weight is 330 g/mol. The average Bonchev–Trinajstić information content (AvgIpc) is 2.54. The molecule has 0 bridgehead atoms. The van der Waals surface area contributed by atoms with E-state index in [9.17, 15) is 23.3 Å². The molecule has 2 aromatic carbocycles. The highest BCUT2D eigenvalue weighted by atomic mass is 32.2. The Balaban J connectivity index is 2.20. The predicted molar refractivity (Wildman–Crippen MR) is 80.6 cm³/mol. The van der Waals surface area contributed by atoms with E-state index in [4.69, 9.17) is 5.26 Å². The lowest BCUT2D eigenvalue weighted by molar-refractivity contribution is -0.384. The number of nitro groups is 1. The van der Waals surface area contributed by atoms with Crippen LogP contribution >= 0.6 is 0 Å². The highest BCUT2D eigenvalue weighted by Gasteiger charge is 2.21. The second-order valence-electron chi connectivity index (χ2n) is 4.62. The molecule has 7 nitrogen and oxygen atoms in total. The van der Waals surface area contributed by atoms with Crippen molar-refractivity contribution in [3.05, 3.63) is 69.8 Å². The number of nitro benzene ring substituents is 1. The van der Waals surface area contributed by atoms with Crippen LogP contribution in [0.5, 0.6) is 0 Å². The van der Waals surface area contributed by atoms with Gasteiger partial charge in [0.15, 0.2) is 15.6 Å². The quantitative estimate of drug-likeness (QED) is 0.470. The minimum Gasteiger partial charge on any atom is -0.293 e. The van der Waals surface area contributed by atoms with Crippen LogP contribution in [0.15, 0.2) is 53.4 Å². The van der Waals surface area contributed by atoms with Gasteiger partial charge in [-0.2, -0.15) is 5.26 Å². The number of non-ortho nitro benzene ring substituents is 1. The number of hydrogen-bond acceptors (Lipinski definition) is 6. The number of carbonyl (C=O) groups is 1. The Bertz CT molecular complexity index is 894. The third-order valence-corrected chi connectivity index (χ3v) is 4.70. The minimum absolute atomic E-state index is 0.0632. The van der Waals surface area contributed by atoms with E-state index in [1.165, 1.54) is 36.4 Å². The molecule has 0 unspecified atom stereocenters. The summed E-state index contributed by atoms with van der Waals surface area (Å²) in [5.74, 6) is -1.42. The molecule has 0 heterocycles. The van der Waals surface area contributed by atoms with E-state index in [2.05, 4.69) is 0 Å². The van der Waals surface area contributed by atoms with Crippen molar-refractivity contribution in [1.29, 1.82) is 5.26 Å². The van der Waals surface area contributed by atoms with E-state index >= 15 is 0 Å². The first-order valence-electron chi connectivity index (χ1n) is 6.34. The van der Waals surface area contributed by atoms with Gasteiger partial charge in [-0.25, -0.2) is 8.42 Å². The molecule has 23 heavy (non-hydrogen) atoms. The summed E-state index contributed by atoms with van der Waals surface area (Å²) in [6, 6.07) is 11.8. The Kier molecular flexibility index (Phi) is 4.52. The Morgan fingerprint density at radius 1 is 1.09 bits per heavy atom. The summed E-state index contributed by atoms with van der Waals surface area (Å²) in [5, 5.41) is 19.2. The molecule has 0 aromatic heterocycles. The molecule has 0 saturated heterocycles. The van der Waals surface area contributed by atoms with Crippen LogP contribution in [0.25, 0.3) is 0 Å². The summed E-state index contributed by atoms with van der Waals surface area (Å²) >= 11 is 0. The zero-order valence-electron chi connectivity index (χ0n) is 11.7. The Hall–Kier alpha value is -3.05. The van der Waals surface area contributed by atoms with Crippen molar-refractivity contribution in [1.82, 2.24) is 0 Å². The van der Waals surface area contributed by atoms with Crippen molar-refractivity contribution in [2.45, 2.75) is 4.90 Å². The molecule has 0 aliphatic heterocycles. The van der Waals surface area contributed by atoms with E-state index in [1.807, 2.05) is 6.07 Å². The molecule has 2 aromatic rings. The van der Waals surface area contributed by atoms with Crippen LogP contribution in [0, 0.1) is 21.4 Å². The lowest BCUT2D eigenvalue weighted by Gasteiger charge is -2.04. The smallest absolute Gasteiger partial charge is 0.269 e. The number of benzene rings is 2. The van der Waals surface area contributed by atoms with Crippen molar-refractivity contribution >= 4 is 21.3 Å². The molecule has 0 fully saturated rings. The molecule has 0 aliphatic rings. The van der Waals surface area contributed by atoms with Gasteiger partial charge in [0.2, 0.25) is 0 Å². The van der Waals surface area contributed by atoms with Crippen LogP contribution in [0.2, 0.25) is 0 Å². The molecule has 2 rings (SSSR count). The second kappa shape index (κ2) is 6.37. The van der Waals surface area contributed by atoms with Crippen LogP contribution in [0.4, 0.5) is 5.69 Å². The number of Topliss-reactive ketones (excluding diaryl/α,β-unsaturated/α-hetero) is 1. The number of sulfone groups is 1. The van der Waals surface area contributed by atoms with Gasteiger partial charge in [0.05, 0.1) is 21.5 Å².